The number of phenols is 2. The first kappa shape index (κ1) is 59.0. The molecule has 0 aromatic heterocycles. The van der Waals surface area contributed by atoms with Gasteiger partial charge in [0.15, 0.2) is 29.2 Å². The number of phenolic OH excluding ortho intramolecular Hbond substituents is 2. The highest BCUT2D eigenvalue weighted by molar-refractivity contribution is 14.1. The zero-order valence-corrected chi connectivity index (χ0v) is 41.0. The summed E-state index contributed by atoms with van der Waals surface area (Å²) in [5, 5.41) is 27.9. The summed E-state index contributed by atoms with van der Waals surface area (Å²) >= 11 is 1.64. The van der Waals surface area contributed by atoms with E-state index < -0.39 is 68.9 Å². The Hall–Kier alpha value is -5.15. The summed E-state index contributed by atoms with van der Waals surface area (Å²) in [6.07, 6.45) is 1.43. The zero-order chi connectivity index (χ0) is 51.0. The number of hydrogen-bond donors (Lipinski definition) is 3. The maximum atomic E-state index is 13.4. The molecule has 3 N–H and O–H groups in total. The Balaban J connectivity index is 0.000000326. The van der Waals surface area contributed by atoms with E-state index in [1.807, 2.05) is 20.8 Å². The lowest BCUT2D eigenvalue weighted by Crippen LogP contribution is -2.33. The number of hydrogen-bond acceptors (Lipinski definition) is 9. The molecule has 19 heteroatoms. The van der Waals surface area contributed by atoms with Crippen molar-refractivity contribution in [3.05, 3.63) is 128 Å². The van der Waals surface area contributed by atoms with Crippen LogP contribution in [0, 0.1) is 33.8 Å². The first-order valence-corrected chi connectivity index (χ1v) is 24.2. The number of aromatic carboxylic acids is 1. The normalized spacial score (nSPS) is 11.5. The molecule has 374 valence electrons. The molecule has 10 nitrogen and oxygen atoms in total. The lowest BCUT2D eigenvalue weighted by atomic mass is 10.1. The van der Waals surface area contributed by atoms with Gasteiger partial charge in [-0.1, -0.05) is 95.5 Å². The van der Waals surface area contributed by atoms with Crippen LogP contribution in [0.1, 0.15) is 118 Å². The van der Waals surface area contributed by atoms with Gasteiger partial charge >= 0.3 is 18.1 Å². The Bertz CT molecular complexity index is 2440. The van der Waals surface area contributed by atoms with Gasteiger partial charge in [-0.05, 0) is 127 Å². The number of esters is 1. The fraction of sp³-hybridized carbons (Fsp3) is 0.388. The molecule has 5 rings (SSSR count). The molecule has 0 heterocycles. The lowest BCUT2D eigenvalue weighted by Gasteiger charge is -2.20. The average Bonchev–Trinajstić information content (AvgIpc) is 3.29. The van der Waals surface area contributed by atoms with Gasteiger partial charge in [0, 0.05) is 0 Å². The topological polar surface area (TPSA) is 157 Å². The third kappa shape index (κ3) is 20.2. The van der Waals surface area contributed by atoms with Gasteiger partial charge in [0.25, 0.3) is 10.1 Å². The summed E-state index contributed by atoms with van der Waals surface area (Å²) in [5.41, 5.74) is 0.398. The molecule has 0 spiro atoms. The van der Waals surface area contributed by atoms with Gasteiger partial charge in [0.05, 0.1) is 32.8 Å². The molecule has 0 radical (unpaired) electrons. The number of ether oxygens (including phenoxy) is 2. The molecule has 0 bridgehead atoms. The first-order chi connectivity index (χ1) is 32.1. The van der Waals surface area contributed by atoms with Gasteiger partial charge < -0.3 is 24.8 Å². The monoisotopic (exact) mass is 1100 g/mol. The number of rotatable bonds is 19. The molecular weight excluding hydrogens is 1040 g/mol. The van der Waals surface area contributed by atoms with E-state index in [4.69, 9.17) is 23.9 Å². The van der Waals surface area contributed by atoms with Crippen molar-refractivity contribution in [1.29, 1.82) is 0 Å². The Morgan fingerprint density at radius 1 is 0.676 bits per heavy atom. The number of halogens is 8. The highest BCUT2D eigenvalue weighted by Crippen LogP contribution is 2.29. The maximum Gasteiger partial charge on any atom is 0.425 e. The van der Waals surface area contributed by atoms with Crippen molar-refractivity contribution < 1.29 is 77.7 Å². The summed E-state index contributed by atoms with van der Waals surface area (Å²) in [5.74, 6) is -8.14. The summed E-state index contributed by atoms with van der Waals surface area (Å²) in [6, 6.07) is 20.2. The van der Waals surface area contributed by atoms with Crippen molar-refractivity contribution in [1.82, 2.24) is 0 Å². The minimum absolute atomic E-state index is 0.0565. The Morgan fingerprint density at radius 2 is 1.26 bits per heavy atom. The second-order valence-corrected chi connectivity index (χ2v) is 17.9. The smallest absolute Gasteiger partial charge is 0.425 e. The van der Waals surface area contributed by atoms with Crippen molar-refractivity contribution in [2.75, 3.05) is 13.2 Å². The SMILES string of the molecule is CCCCCC[C@H](OC(=O)c1ccc2cc(O)ccc2c1)C(F)(F)F.CCCCCOS(=O)(=O)c1ccc(C)cc1.CCCCCOc1ccc(C(=O)O)c(F)c1F.Oc1ccc(I)c(F)c1F. The Kier molecular flexibility index (Phi) is 25.7. The summed E-state index contributed by atoms with van der Waals surface area (Å²) in [7, 11) is -3.56. The molecule has 0 saturated carbocycles. The predicted molar refractivity (Wildman–Crippen MR) is 253 cm³/mol. The van der Waals surface area contributed by atoms with Crippen molar-refractivity contribution in [3.63, 3.8) is 0 Å². The van der Waals surface area contributed by atoms with Crippen LogP contribution in [0.25, 0.3) is 10.8 Å². The van der Waals surface area contributed by atoms with Crippen LogP contribution in [-0.4, -0.2) is 61.2 Å². The molecule has 0 amide bonds. The van der Waals surface area contributed by atoms with E-state index in [0.717, 1.165) is 75.1 Å². The number of alkyl halides is 3. The molecule has 0 unspecified atom stereocenters. The van der Waals surface area contributed by atoms with E-state index in [-0.39, 0.29) is 45.2 Å². The van der Waals surface area contributed by atoms with Gasteiger partial charge in [-0.15, -0.1) is 0 Å². The first-order valence-electron chi connectivity index (χ1n) is 21.7. The molecule has 68 heavy (non-hydrogen) atoms. The fourth-order valence-corrected chi connectivity index (χ4v) is 7.11. The standard InChI is InChI=1S/C19H21F3O3.C12H14F2O3.C12H18O3S.C6H3F2IO/c1-2-3-4-5-6-17(19(20,21)22)25-18(24)15-8-7-14-12-16(23)10-9-13(14)11-15;1-2-3-4-7-17-9-6-5-8(12(15)16)10(13)11(9)14;1-3-4-5-10-15-16(13,14)12-8-6-11(2)7-9-12;7-5-3(9)1-2-4(10)6(5)8/h7-12,17,23H,2-6H2,1H3;5-6H,2-4,7H2,1H3,(H,15,16);6-9H,3-5,10H2,1-2H3;1-2,10H/t17-;;;/m0.../s1. The van der Waals surface area contributed by atoms with E-state index in [0.29, 0.717) is 23.6 Å². The van der Waals surface area contributed by atoms with Gasteiger partial charge in [0.2, 0.25) is 11.6 Å². The zero-order valence-electron chi connectivity index (χ0n) is 38.0. The average molecular weight is 1100 g/mol. The van der Waals surface area contributed by atoms with Crippen LogP contribution in [0.2, 0.25) is 0 Å². The molecule has 1 atom stereocenters. The highest BCUT2D eigenvalue weighted by atomic mass is 127. The van der Waals surface area contributed by atoms with E-state index in [2.05, 4.69) is 6.92 Å². The molecule has 5 aromatic carbocycles. The highest BCUT2D eigenvalue weighted by Gasteiger charge is 2.42. The summed E-state index contributed by atoms with van der Waals surface area (Å²) < 4.78 is 129. The van der Waals surface area contributed by atoms with Crippen molar-refractivity contribution in [2.24, 2.45) is 0 Å². The van der Waals surface area contributed by atoms with Crippen LogP contribution in [0.5, 0.6) is 17.2 Å². The number of carboxylic acids is 1. The van der Waals surface area contributed by atoms with Gasteiger partial charge in [-0.25, -0.2) is 18.4 Å². The molecular formula is C49H56F7IO10S. The molecule has 0 saturated heterocycles. The van der Waals surface area contributed by atoms with E-state index in [1.165, 1.54) is 30.3 Å². The van der Waals surface area contributed by atoms with Crippen LogP contribution in [0.3, 0.4) is 0 Å². The molecule has 5 aromatic rings. The number of aromatic hydroxyl groups is 2. The Morgan fingerprint density at radius 3 is 1.85 bits per heavy atom. The minimum atomic E-state index is -4.58. The second kappa shape index (κ2) is 29.7. The van der Waals surface area contributed by atoms with E-state index >= 15 is 0 Å². The third-order valence-corrected chi connectivity index (χ3v) is 11.7. The molecule has 0 aliphatic heterocycles. The van der Waals surface area contributed by atoms with Gasteiger partial charge in [0.1, 0.15) is 5.75 Å². The number of unbranched alkanes of at least 4 members (excludes halogenated alkanes) is 7. The fourth-order valence-electron chi connectivity index (χ4n) is 5.76. The largest absolute Gasteiger partial charge is 0.508 e. The van der Waals surface area contributed by atoms with Crippen molar-refractivity contribution >= 4 is 55.4 Å². The van der Waals surface area contributed by atoms with Gasteiger partial charge in [-0.3, -0.25) is 4.18 Å². The minimum Gasteiger partial charge on any atom is -0.508 e. The lowest BCUT2D eigenvalue weighted by molar-refractivity contribution is -0.206. The number of aryl methyl sites for hydroxylation is 1. The van der Waals surface area contributed by atoms with Crippen LogP contribution < -0.4 is 4.74 Å². The van der Waals surface area contributed by atoms with Crippen LogP contribution in [-0.2, 0) is 19.0 Å². The summed E-state index contributed by atoms with van der Waals surface area (Å²) in [4.78, 5) is 22.9. The third-order valence-electron chi connectivity index (χ3n) is 9.59. The molecule has 0 aliphatic rings. The predicted octanol–water partition coefficient (Wildman–Crippen LogP) is 14.0. The van der Waals surface area contributed by atoms with E-state index in [9.17, 15) is 53.8 Å². The molecule has 0 aliphatic carbocycles. The van der Waals surface area contributed by atoms with Crippen molar-refractivity contribution in [3.8, 4) is 17.2 Å². The van der Waals surface area contributed by atoms with Crippen LogP contribution in [0.15, 0.2) is 89.8 Å². The van der Waals surface area contributed by atoms with E-state index in [1.54, 1.807) is 59.0 Å². The Labute approximate surface area is 405 Å². The quantitative estimate of drug-likeness (QED) is 0.0182. The maximum absolute atomic E-state index is 13.4. The number of benzene rings is 5. The van der Waals surface area contributed by atoms with Crippen LogP contribution in [0.4, 0.5) is 30.7 Å². The second-order valence-electron chi connectivity index (χ2n) is 15.1. The van der Waals surface area contributed by atoms with Crippen molar-refractivity contribution in [2.45, 2.75) is 115 Å². The number of carbonyl (C=O) groups excluding carboxylic acids is 1. The number of fused-ring (bicyclic) bond motifs is 1. The summed E-state index contributed by atoms with van der Waals surface area (Å²) in [6.45, 7) is 8.52. The molecule has 0 fully saturated rings. The number of carbonyl (C=O) groups is 2. The van der Waals surface area contributed by atoms with Crippen LogP contribution >= 0.6 is 22.6 Å². The number of carboxylic acid groups (broad SMARTS) is 1. The van der Waals surface area contributed by atoms with Gasteiger partial charge in [-0.2, -0.15) is 30.4 Å².